The van der Waals surface area contributed by atoms with Crippen molar-refractivity contribution in [3.05, 3.63) is 5.82 Å². The van der Waals surface area contributed by atoms with E-state index in [2.05, 4.69) is 55.5 Å². The van der Waals surface area contributed by atoms with Crippen LogP contribution in [0.2, 0.25) is 0 Å². The first-order valence-electron chi connectivity index (χ1n) is 5.38. The van der Waals surface area contributed by atoms with Gasteiger partial charge in [0.15, 0.2) is 5.82 Å². The zero-order valence-electron chi connectivity index (χ0n) is 10.3. The van der Waals surface area contributed by atoms with E-state index < -0.39 is 0 Å². The van der Waals surface area contributed by atoms with Crippen LogP contribution in [0.4, 0.5) is 0 Å². The third-order valence-electron chi connectivity index (χ3n) is 1.92. The lowest BCUT2D eigenvalue weighted by atomic mass is 10.1. The molecule has 0 fully saturated rings. The molecule has 0 aliphatic heterocycles. The Hall–Kier alpha value is -0.970. The number of nitrogens with zero attached hydrogens (tertiary/aromatic N) is 4. The summed E-state index contributed by atoms with van der Waals surface area (Å²) in [6.45, 7) is 12.3. The molecule has 0 saturated heterocycles. The van der Waals surface area contributed by atoms with Crippen LogP contribution in [0.15, 0.2) is 0 Å². The van der Waals surface area contributed by atoms with Gasteiger partial charge in [0.1, 0.15) is 0 Å². The van der Waals surface area contributed by atoms with E-state index in [1.807, 2.05) is 4.68 Å². The Bertz CT molecular complexity index is 297. The van der Waals surface area contributed by atoms with E-state index in [0.29, 0.717) is 12.5 Å². The second kappa shape index (κ2) is 4.70. The summed E-state index contributed by atoms with van der Waals surface area (Å²) >= 11 is 0. The van der Waals surface area contributed by atoms with E-state index in [4.69, 9.17) is 0 Å². The van der Waals surface area contributed by atoms with Crippen molar-refractivity contribution < 1.29 is 0 Å². The quantitative estimate of drug-likeness (QED) is 0.813. The highest BCUT2D eigenvalue weighted by molar-refractivity contribution is 4.83. The van der Waals surface area contributed by atoms with E-state index in [-0.39, 0.29) is 5.54 Å². The van der Waals surface area contributed by atoms with Gasteiger partial charge in [-0.3, -0.25) is 0 Å². The van der Waals surface area contributed by atoms with Crippen LogP contribution in [0.3, 0.4) is 0 Å². The van der Waals surface area contributed by atoms with Gasteiger partial charge in [-0.1, -0.05) is 13.8 Å². The van der Waals surface area contributed by atoms with Crippen LogP contribution in [0, 0.1) is 5.92 Å². The van der Waals surface area contributed by atoms with Crippen molar-refractivity contribution in [1.29, 1.82) is 0 Å². The van der Waals surface area contributed by atoms with Crippen molar-refractivity contribution in [2.75, 3.05) is 0 Å². The molecule has 0 atom stereocenters. The first kappa shape index (κ1) is 12.1. The fraction of sp³-hybridized carbons (Fsp3) is 0.900. The molecule has 0 bridgehead atoms. The third kappa shape index (κ3) is 4.38. The molecular formula is C10H21N5. The monoisotopic (exact) mass is 211 g/mol. The van der Waals surface area contributed by atoms with Crippen LogP contribution in [-0.4, -0.2) is 25.7 Å². The molecule has 0 aliphatic carbocycles. The van der Waals surface area contributed by atoms with Crippen molar-refractivity contribution in [2.45, 2.75) is 53.2 Å². The number of nitrogens with one attached hydrogen (secondary N) is 1. The molecule has 5 heteroatoms. The average Bonchev–Trinajstić information content (AvgIpc) is 2.46. The Kier molecular flexibility index (Phi) is 3.79. The number of hydrogen-bond acceptors (Lipinski definition) is 4. The van der Waals surface area contributed by atoms with Gasteiger partial charge in [-0.2, -0.15) is 0 Å². The lowest BCUT2D eigenvalue weighted by Gasteiger charge is -2.20. The van der Waals surface area contributed by atoms with Crippen LogP contribution in [0.5, 0.6) is 0 Å². The van der Waals surface area contributed by atoms with Gasteiger partial charge in [0.05, 0.1) is 6.54 Å². The van der Waals surface area contributed by atoms with Gasteiger partial charge in [0.25, 0.3) is 0 Å². The minimum Gasteiger partial charge on any atom is -0.305 e. The Balaban J connectivity index is 2.57. The Labute approximate surface area is 91.2 Å². The van der Waals surface area contributed by atoms with E-state index in [1.54, 1.807) is 0 Å². The third-order valence-corrected chi connectivity index (χ3v) is 1.92. The number of rotatable bonds is 4. The van der Waals surface area contributed by atoms with Crippen molar-refractivity contribution in [3.63, 3.8) is 0 Å². The molecule has 15 heavy (non-hydrogen) atoms. The molecular weight excluding hydrogens is 190 g/mol. The molecule has 0 spiro atoms. The smallest absolute Gasteiger partial charge is 0.165 e. The fourth-order valence-corrected chi connectivity index (χ4v) is 1.18. The zero-order chi connectivity index (χ0) is 11.5. The second-order valence-corrected chi connectivity index (χ2v) is 5.27. The van der Waals surface area contributed by atoms with Gasteiger partial charge in [-0.15, -0.1) is 5.10 Å². The van der Waals surface area contributed by atoms with Gasteiger partial charge >= 0.3 is 0 Å². The summed E-state index contributed by atoms with van der Waals surface area (Å²) in [5, 5.41) is 15.1. The molecule has 0 aromatic carbocycles. The normalized spacial score (nSPS) is 12.4. The van der Waals surface area contributed by atoms with Crippen molar-refractivity contribution in [2.24, 2.45) is 5.92 Å². The first-order valence-corrected chi connectivity index (χ1v) is 5.38. The molecule has 1 heterocycles. The van der Waals surface area contributed by atoms with Crippen molar-refractivity contribution >= 4 is 0 Å². The highest BCUT2D eigenvalue weighted by Gasteiger charge is 2.12. The summed E-state index contributed by atoms with van der Waals surface area (Å²) in [7, 11) is 0. The number of tetrazole rings is 1. The summed E-state index contributed by atoms with van der Waals surface area (Å²) in [5.41, 5.74) is 0.0919. The predicted octanol–water partition coefficient (Wildman–Crippen LogP) is 1.22. The van der Waals surface area contributed by atoms with Crippen LogP contribution in [0.1, 0.15) is 40.4 Å². The Morgan fingerprint density at radius 1 is 1.33 bits per heavy atom. The van der Waals surface area contributed by atoms with Crippen LogP contribution in [0.25, 0.3) is 0 Å². The molecule has 0 aliphatic rings. The van der Waals surface area contributed by atoms with Gasteiger partial charge in [-0.25, -0.2) is 4.68 Å². The maximum absolute atomic E-state index is 4.01. The Morgan fingerprint density at radius 3 is 2.53 bits per heavy atom. The SMILES string of the molecule is CC(C)Cn1nnnc1CNC(C)(C)C. The van der Waals surface area contributed by atoms with Gasteiger partial charge in [0, 0.05) is 12.1 Å². The maximum atomic E-state index is 4.01. The molecule has 1 aromatic heterocycles. The molecule has 1 aromatic rings. The van der Waals surface area contributed by atoms with Crippen LogP contribution < -0.4 is 5.32 Å². The minimum absolute atomic E-state index is 0.0919. The molecule has 0 unspecified atom stereocenters. The van der Waals surface area contributed by atoms with Crippen LogP contribution in [-0.2, 0) is 13.1 Å². The first-order chi connectivity index (χ1) is 6.88. The summed E-state index contributed by atoms with van der Waals surface area (Å²) < 4.78 is 1.86. The molecule has 1 rings (SSSR count). The Morgan fingerprint density at radius 2 is 2.00 bits per heavy atom. The summed E-state index contributed by atoms with van der Waals surface area (Å²) in [4.78, 5) is 0. The molecule has 5 nitrogen and oxygen atoms in total. The zero-order valence-corrected chi connectivity index (χ0v) is 10.3. The largest absolute Gasteiger partial charge is 0.305 e. The lowest BCUT2D eigenvalue weighted by molar-refractivity contribution is 0.396. The fourth-order valence-electron chi connectivity index (χ4n) is 1.18. The molecule has 1 N–H and O–H groups in total. The van der Waals surface area contributed by atoms with Crippen LogP contribution >= 0.6 is 0 Å². The molecule has 0 radical (unpaired) electrons. The van der Waals surface area contributed by atoms with E-state index in [0.717, 1.165) is 12.4 Å². The van der Waals surface area contributed by atoms with E-state index >= 15 is 0 Å². The van der Waals surface area contributed by atoms with Gasteiger partial charge < -0.3 is 5.32 Å². The summed E-state index contributed by atoms with van der Waals surface area (Å²) in [5.74, 6) is 1.46. The highest BCUT2D eigenvalue weighted by atomic mass is 15.5. The molecule has 86 valence electrons. The summed E-state index contributed by atoms with van der Waals surface area (Å²) in [6, 6.07) is 0. The topological polar surface area (TPSA) is 55.6 Å². The predicted molar refractivity (Wildman–Crippen MR) is 59.2 cm³/mol. The van der Waals surface area contributed by atoms with Crippen molar-refractivity contribution in [1.82, 2.24) is 25.5 Å². The highest BCUT2D eigenvalue weighted by Crippen LogP contribution is 2.03. The molecule has 0 amide bonds. The number of aromatic nitrogens is 4. The molecule has 0 saturated carbocycles. The maximum Gasteiger partial charge on any atom is 0.165 e. The average molecular weight is 211 g/mol. The minimum atomic E-state index is 0.0919. The summed E-state index contributed by atoms with van der Waals surface area (Å²) in [6.07, 6.45) is 0. The lowest BCUT2D eigenvalue weighted by Crippen LogP contribution is -2.36. The van der Waals surface area contributed by atoms with Gasteiger partial charge in [-0.05, 0) is 37.1 Å². The van der Waals surface area contributed by atoms with Crippen molar-refractivity contribution in [3.8, 4) is 0 Å². The van der Waals surface area contributed by atoms with Gasteiger partial charge in [0.2, 0.25) is 0 Å². The number of hydrogen-bond donors (Lipinski definition) is 1. The van der Waals surface area contributed by atoms with E-state index in [9.17, 15) is 0 Å². The second-order valence-electron chi connectivity index (χ2n) is 5.27. The standard InChI is InChI=1S/C10H21N5/c1-8(2)7-15-9(12-13-14-15)6-11-10(3,4)5/h8,11H,6-7H2,1-5H3. The van der Waals surface area contributed by atoms with E-state index in [1.165, 1.54) is 0 Å².